The van der Waals surface area contributed by atoms with E-state index >= 15 is 0 Å². The third kappa shape index (κ3) is 2.65. The summed E-state index contributed by atoms with van der Waals surface area (Å²) in [4.78, 5) is 17.8. The number of likely N-dealkylation sites (N-methyl/N-ethyl adjacent to an activating group) is 1. The molecular formula is C11H22N4O. The highest BCUT2D eigenvalue weighted by Gasteiger charge is 2.25. The quantitative estimate of drug-likeness (QED) is 0.715. The Hall–Kier alpha value is -0.810. The van der Waals surface area contributed by atoms with Crippen LogP contribution in [0.1, 0.15) is 6.92 Å². The minimum absolute atomic E-state index is 0.184. The van der Waals surface area contributed by atoms with Crippen LogP contribution in [0.3, 0.4) is 0 Å². The molecule has 2 rings (SSSR count). The van der Waals surface area contributed by atoms with Crippen molar-refractivity contribution in [3.05, 3.63) is 0 Å². The molecule has 2 aliphatic heterocycles. The monoisotopic (exact) mass is 226 g/mol. The predicted octanol–water partition coefficient (Wildman–Crippen LogP) is -0.352. The van der Waals surface area contributed by atoms with Gasteiger partial charge in [-0.2, -0.15) is 0 Å². The first-order chi connectivity index (χ1) is 7.66. The summed E-state index contributed by atoms with van der Waals surface area (Å²) in [5, 5.41) is 3.43. The zero-order chi connectivity index (χ0) is 11.5. The van der Waals surface area contributed by atoms with E-state index < -0.39 is 0 Å². The van der Waals surface area contributed by atoms with Crippen LogP contribution < -0.4 is 5.32 Å². The summed E-state index contributed by atoms with van der Waals surface area (Å²) in [6, 6.07) is 0.758. The molecule has 1 atom stereocenters. The van der Waals surface area contributed by atoms with Crippen LogP contribution in [-0.2, 0) is 0 Å². The molecule has 0 aromatic rings. The Morgan fingerprint density at radius 2 is 2.12 bits per heavy atom. The van der Waals surface area contributed by atoms with Gasteiger partial charge < -0.3 is 15.1 Å². The van der Waals surface area contributed by atoms with Gasteiger partial charge in [0.05, 0.1) is 0 Å². The summed E-state index contributed by atoms with van der Waals surface area (Å²) in [7, 11) is 1.87. The largest absolute Gasteiger partial charge is 0.326 e. The van der Waals surface area contributed by atoms with Gasteiger partial charge in [-0.1, -0.05) is 0 Å². The van der Waals surface area contributed by atoms with Crippen molar-refractivity contribution in [1.29, 1.82) is 0 Å². The standard InChI is InChI=1S/C11H22N4O/c1-10-9-14(4-3-12-10)6-8-15-7-5-13(2)11(15)16/h10,12H,3-9H2,1-2H3. The third-order valence-electron chi connectivity index (χ3n) is 3.44. The van der Waals surface area contributed by atoms with Gasteiger partial charge in [0.25, 0.3) is 0 Å². The van der Waals surface area contributed by atoms with E-state index in [9.17, 15) is 4.79 Å². The van der Waals surface area contributed by atoms with Gasteiger partial charge in [0.1, 0.15) is 0 Å². The molecule has 0 aliphatic carbocycles. The van der Waals surface area contributed by atoms with Gasteiger partial charge in [-0.15, -0.1) is 0 Å². The van der Waals surface area contributed by atoms with Crippen LogP contribution in [0.4, 0.5) is 4.79 Å². The summed E-state index contributed by atoms with van der Waals surface area (Å²) in [6.07, 6.45) is 0. The SMILES string of the molecule is CC1CN(CCN2CCN(C)C2=O)CCN1. The molecule has 92 valence electrons. The maximum atomic E-state index is 11.7. The minimum atomic E-state index is 0.184. The molecule has 0 saturated carbocycles. The average molecular weight is 226 g/mol. The first kappa shape index (κ1) is 11.7. The second-order valence-electron chi connectivity index (χ2n) is 4.85. The topological polar surface area (TPSA) is 38.8 Å². The molecule has 0 aromatic heterocycles. The molecule has 2 saturated heterocycles. The summed E-state index contributed by atoms with van der Waals surface area (Å²) in [5.74, 6) is 0. The van der Waals surface area contributed by atoms with Crippen molar-refractivity contribution >= 4 is 6.03 Å². The van der Waals surface area contributed by atoms with E-state index in [1.54, 1.807) is 4.90 Å². The Morgan fingerprint density at radius 3 is 2.75 bits per heavy atom. The van der Waals surface area contributed by atoms with E-state index in [4.69, 9.17) is 0 Å². The zero-order valence-corrected chi connectivity index (χ0v) is 10.3. The number of carbonyl (C=O) groups excluding carboxylic acids is 1. The lowest BCUT2D eigenvalue weighted by molar-refractivity contribution is 0.172. The molecule has 2 aliphatic rings. The second kappa shape index (κ2) is 5.01. The van der Waals surface area contributed by atoms with E-state index in [2.05, 4.69) is 17.1 Å². The maximum absolute atomic E-state index is 11.7. The lowest BCUT2D eigenvalue weighted by atomic mass is 10.2. The van der Waals surface area contributed by atoms with Crippen LogP contribution in [0.25, 0.3) is 0 Å². The number of carbonyl (C=O) groups is 1. The van der Waals surface area contributed by atoms with Gasteiger partial charge in [-0.3, -0.25) is 4.90 Å². The van der Waals surface area contributed by atoms with Crippen LogP contribution in [-0.4, -0.2) is 79.6 Å². The van der Waals surface area contributed by atoms with Crippen molar-refractivity contribution in [1.82, 2.24) is 20.0 Å². The second-order valence-corrected chi connectivity index (χ2v) is 4.85. The number of piperazine rings is 1. The summed E-state index contributed by atoms with van der Waals surface area (Å²) < 4.78 is 0. The maximum Gasteiger partial charge on any atom is 0.319 e. The Morgan fingerprint density at radius 1 is 1.31 bits per heavy atom. The van der Waals surface area contributed by atoms with Gasteiger partial charge in [0, 0.05) is 58.9 Å². The molecular weight excluding hydrogens is 204 g/mol. The van der Waals surface area contributed by atoms with Crippen molar-refractivity contribution in [2.24, 2.45) is 0 Å². The minimum Gasteiger partial charge on any atom is -0.326 e. The fourth-order valence-corrected chi connectivity index (χ4v) is 2.39. The van der Waals surface area contributed by atoms with Crippen molar-refractivity contribution in [3.63, 3.8) is 0 Å². The number of nitrogens with one attached hydrogen (secondary N) is 1. The molecule has 0 radical (unpaired) electrons. The Balaban J connectivity index is 1.73. The molecule has 5 nitrogen and oxygen atoms in total. The van der Waals surface area contributed by atoms with Crippen LogP contribution >= 0.6 is 0 Å². The van der Waals surface area contributed by atoms with E-state index in [0.29, 0.717) is 6.04 Å². The van der Waals surface area contributed by atoms with Crippen LogP contribution in [0.2, 0.25) is 0 Å². The molecule has 0 spiro atoms. The fraction of sp³-hybridized carbons (Fsp3) is 0.909. The van der Waals surface area contributed by atoms with Crippen LogP contribution in [0.15, 0.2) is 0 Å². The molecule has 0 aromatic carbocycles. The van der Waals surface area contributed by atoms with E-state index in [-0.39, 0.29) is 6.03 Å². The van der Waals surface area contributed by atoms with Crippen molar-refractivity contribution in [3.8, 4) is 0 Å². The first-order valence-corrected chi connectivity index (χ1v) is 6.12. The van der Waals surface area contributed by atoms with E-state index in [1.807, 2.05) is 11.9 Å². The molecule has 16 heavy (non-hydrogen) atoms. The number of urea groups is 1. The Labute approximate surface area is 97.4 Å². The van der Waals surface area contributed by atoms with Gasteiger partial charge in [0.15, 0.2) is 0 Å². The molecule has 0 bridgehead atoms. The fourth-order valence-electron chi connectivity index (χ4n) is 2.39. The molecule has 5 heteroatoms. The molecule has 1 unspecified atom stereocenters. The highest BCUT2D eigenvalue weighted by molar-refractivity contribution is 5.76. The lowest BCUT2D eigenvalue weighted by Crippen LogP contribution is -2.51. The number of hydrogen-bond acceptors (Lipinski definition) is 3. The van der Waals surface area contributed by atoms with Crippen molar-refractivity contribution in [2.75, 3.05) is 52.9 Å². The number of amides is 2. The zero-order valence-electron chi connectivity index (χ0n) is 10.3. The van der Waals surface area contributed by atoms with E-state index in [1.165, 1.54) is 0 Å². The summed E-state index contributed by atoms with van der Waals surface area (Å²) in [6.45, 7) is 9.10. The summed E-state index contributed by atoms with van der Waals surface area (Å²) >= 11 is 0. The Bertz CT molecular complexity index is 258. The summed E-state index contributed by atoms with van der Waals surface area (Å²) in [5.41, 5.74) is 0. The predicted molar refractivity (Wildman–Crippen MR) is 63.5 cm³/mol. The number of hydrogen-bond donors (Lipinski definition) is 1. The van der Waals surface area contributed by atoms with Crippen molar-refractivity contribution in [2.45, 2.75) is 13.0 Å². The Kier molecular flexibility index (Phi) is 3.66. The molecule has 2 heterocycles. The van der Waals surface area contributed by atoms with Gasteiger partial charge in [-0.25, -0.2) is 4.79 Å². The van der Waals surface area contributed by atoms with Gasteiger partial charge in [0.2, 0.25) is 0 Å². The highest BCUT2D eigenvalue weighted by atomic mass is 16.2. The molecule has 2 fully saturated rings. The van der Waals surface area contributed by atoms with Crippen LogP contribution in [0, 0.1) is 0 Å². The van der Waals surface area contributed by atoms with Gasteiger partial charge >= 0.3 is 6.03 Å². The number of rotatable bonds is 3. The first-order valence-electron chi connectivity index (χ1n) is 6.12. The highest BCUT2D eigenvalue weighted by Crippen LogP contribution is 2.06. The molecule has 1 N–H and O–H groups in total. The van der Waals surface area contributed by atoms with Crippen LogP contribution in [0.5, 0.6) is 0 Å². The van der Waals surface area contributed by atoms with Crippen molar-refractivity contribution < 1.29 is 4.79 Å². The number of nitrogens with zero attached hydrogens (tertiary/aromatic N) is 3. The van der Waals surface area contributed by atoms with Gasteiger partial charge in [-0.05, 0) is 6.92 Å². The lowest BCUT2D eigenvalue weighted by Gasteiger charge is -2.32. The van der Waals surface area contributed by atoms with E-state index in [0.717, 1.165) is 45.8 Å². The molecule has 2 amide bonds. The smallest absolute Gasteiger partial charge is 0.319 e. The normalized spacial score (nSPS) is 27.9. The third-order valence-corrected chi connectivity index (χ3v) is 3.44. The average Bonchev–Trinajstić information content (AvgIpc) is 2.57.